The van der Waals surface area contributed by atoms with E-state index in [1.54, 1.807) is 6.07 Å². The molecule has 0 saturated heterocycles. The fourth-order valence-corrected chi connectivity index (χ4v) is 9.78. The van der Waals surface area contributed by atoms with Gasteiger partial charge in [0.05, 0.1) is 6.10 Å². The van der Waals surface area contributed by atoms with E-state index < -0.39 is 6.10 Å². The third-order valence-corrected chi connectivity index (χ3v) is 14.1. The summed E-state index contributed by atoms with van der Waals surface area (Å²) in [7, 11) is 0. The van der Waals surface area contributed by atoms with Gasteiger partial charge in [-0.3, -0.25) is 0 Å². The second-order valence-corrected chi connectivity index (χ2v) is 20.7. The molecule has 2 N–H and O–H groups in total. The number of aliphatic hydroxyl groups is 1. The molecule has 0 radical (unpaired) electrons. The molecule has 0 aromatic heterocycles. The van der Waals surface area contributed by atoms with Crippen LogP contribution in [0, 0.1) is 0 Å². The summed E-state index contributed by atoms with van der Waals surface area (Å²) in [4.78, 5) is 0. The summed E-state index contributed by atoms with van der Waals surface area (Å²) in [6, 6.07) is 5.80. The molecule has 0 saturated carbocycles. The van der Waals surface area contributed by atoms with Crippen molar-refractivity contribution < 1.29 is 14.9 Å². The molecule has 1 rings (SSSR count). The summed E-state index contributed by atoms with van der Waals surface area (Å²) in [6.07, 6.45) is 69.2. The van der Waals surface area contributed by atoms with Gasteiger partial charge in [-0.1, -0.05) is 270 Å². The summed E-state index contributed by atoms with van der Waals surface area (Å²) >= 11 is 0. The fraction of sp³-hybridized carbons (Fsp3) is 0.839. The van der Waals surface area contributed by atoms with E-state index in [1.165, 1.54) is 270 Å². The zero-order valence-electron chi connectivity index (χ0n) is 44.1. The lowest BCUT2D eigenvalue weighted by Crippen LogP contribution is -2.32. The number of ether oxygens (including phenoxy) is 1. The highest BCUT2D eigenvalue weighted by Crippen LogP contribution is 2.27. The molecule has 65 heavy (non-hydrogen) atoms. The molecule has 0 heterocycles. The van der Waals surface area contributed by atoms with Gasteiger partial charge in [0.25, 0.3) is 0 Å². The van der Waals surface area contributed by atoms with E-state index in [0.717, 1.165) is 49.8 Å². The average molecular weight is 908 g/mol. The number of aryl methyl sites for hydroxylation is 1. The van der Waals surface area contributed by atoms with E-state index in [4.69, 9.17) is 4.74 Å². The molecule has 3 heteroatoms. The lowest BCUT2D eigenvalue weighted by Gasteiger charge is -2.25. The van der Waals surface area contributed by atoms with Crippen LogP contribution in [-0.4, -0.2) is 22.4 Å². The van der Waals surface area contributed by atoms with Gasteiger partial charge in [0.15, 0.2) is 0 Å². The Morgan fingerprint density at radius 1 is 0.415 bits per heavy atom. The number of aromatic hydroxyl groups is 1. The Labute approximate surface area is 407 Å². The van der Waals surface area contributed by atoms with Gasteiger partial charge in [0.2, 0.25) is 0 Å². The largest absolute Gasteiger partial charge is 0.508 e. The minimum atomic E-state index is -0.458. The Balaban J connectivity index is 2.16. The van der Waals surface area contributed by atoms with Crippen molar-refractivity contribution in [1.29, 1.82) is 0 Å². The predicted octanol–water partition coefficient (Wildman–Crippen LogP) is 21.2. The lowest BCUT2D eigenvalue weighted by atomic mass is 9.99. The van der Waals surface area contributed by atoms with Gasteiger partial charge >= 0.3 is 0 Å². The van der Waals surface area contributed by atoms with E-state index in [-0.39, 0.29) is 11.9 Å². The van der Waals surface area contributed by atoms with Crippen molar-refractivity contribution in [3.05, 3.63) is 48.6 Å². The number of benzene rings is 1. The molecule has 380 valence electrons. The molecular formula is C62H114O3. The Bertz CT molecular complexity index is 1130. The van der Waals surface area contributed by atoms with Crippen LogP contribution in [0.1, 0.15) is 321 Å². The maximum absolute atomic E-state index is 11.4. The molecule has 0 fully saturated rings. The number of rotatable bonds is 53. The first-order valence-electron chi connectivity index (χ1n) is 29.5. The van der Waals surface area contributed by atoms with Crippen LogP contribution in [0.25, 0.3) is 0 Å². The minimum absolute atomic E-state index is 0.209. The summed E-state index contributed by atoms with van der Waals surface area (Å²) in [5.41, 5.74) is 1.16. The van der Waals surface area contributed by atoms with E-state index >= 15 is 0 Å². The molecular weight excluding hydrogens is 793 g/mol. The first-order chi connectivity index (χ1) is 32.1. The summed E-state index contributed by atoms with van der Waals surface area (Å²) in [5, 5.41) is 22.0. The van der Waals surface area contributed by atoms with Crippen molar-refractivity contribution in [3.8, 4) is 11.5 Å². The molecule has 0 amide bonds. The lowest BCUT2D eigenvalue weighted by molar-refractivity contribution is 0.0229. The first kappa shape index (κ1) is 61.3. The van der Waals surface area contributed by atoms with Crippen LogP contribution in [0.3, 0.4) is 0 Å². The number of phenolic OH excluding ortho intramolecular Hbond substituents is 1. The van der Waals surface area contributed by atoms with E-state index in [9.17, 15) is 10.2 Å². The normalized spacial score (nSPS) is 12.7. The number of unbranched alkanes of at least 4 members (excludes halogenated alkanes) is 41. The van der Waals surface area contributed by atoms with Crippen molar-refractivity contribution in [2.45, 2.75) is 334 Å². The molecule has 1 aromatic rings. The number of allylic oxidation sites excluding steroid dienone is 3. The molecule has 2 atom stereocenters. The van der Waals surface area contributed by atoms with Crippen LogP contribution in [0.15, 0.2) is 43.0 Å². The number of aliphatic hydroxyl groups excluding tert-OH is 1. The van der Waals surface area contributed by atoms with Crippen LogP contribution in [0.4, 0.5) is 0 Å². The van der Waals surface area contributed by atoms with Gasteiger partial charge in [-0.05, 0) is 88.3 Å². The van der Waals surface area contributed by atoms with Crippen molar-refractivity contribution in [2.24, 2.45) is 0 Å². The summed E-state index contributed by atoms with van der Waals surface area (Å²) in [6.45, 7) is 8.38. The molecule has 2 unspecified atom stereocenters. The molecule has 3 nitrogen and oxygen atoms in total. The van der Waals surface area contributed by atoms with E-state index in [2.05, 4.69) is 38.6 Å². The fourth-order valence-electron chi connectivity index (χ4n) is 9.78. The van der Waals surface area contributed by atoms with Crippen LogP contribution in [0.2, 0.25) is 0 Å². The number of phenols is 1. The van der Waals surface area contributed by atoms with E-state index in [1.807, 2.05) is 12.1 Å². The highest BCUT2D eigenvalue weighted by Gasteiger charge is 2.21. The number of hydrogen-bond acceptors (Lipinski definition) is 3. The molecule has 0 bridgehead atoms. The molecule has 0 aliphatic heterocycles. The van der Waals surface area contributed by atoms with Crippen LogP contribution < -0.4 is 4.74 Å². The van der Waals surface area contributed by atoms with Crippen molar-refractivity contribution in [3.63, 3.8) is 0 Å². The summed E-state index contributed by atoms with van der Waals surface area (Å²) < 4.78 is 6.55. The second-order valence-electron chi connectivity index (χ2n) is 20.7. The Morgan fingerprint density at radius 3 is 1.15 bits per heavy atom. The van der Waals surface area contributed by atoms with Crippen LogP contribution in [0.5, 0.6) is 11.5 Å². The van der Waals surface area contributed by atoms with Crippen molar-refractivity contribution in [2.75, 3.05) is 0 Å². The molecule has 0 aliphatic carbocycles. The zero-order chi connectivity index (χ0) is 46.8. The zero-order valence-corrected chi connectivity index (χ0v) is 44.1. The van der Waals surface area contributed by atoms with Gasteiger partial charge < -0.3 is 14.9 Å². The minimum Gasteiger partial charge on any atom is -0.508 e. The Kier molecular flexibility index (Phi) is 47.3. The van der Waals surface area contributed by atoms with Gasteiger partial charge in [-0.15, -0.1) is 6.58 Å². The Hall–Kier alpha value is -1.74. The van der Waals surface area contributed by atoms with Crippen molar-refractivity contribution >= 4 is 0 Å². The summed E-state index contributed by atoms with van der Waals surface area (Å²) in [5.74, 6) is 1.01. The van der Waals surface area contributed by atoms with Crippen LogP contribution >= 0.6 is 0 Å². The van der Waals surface area contributed by atoms with Gasteiger partial charge in [0, 0.05) is 6.07 Å². The maximum Gasteiger partial charge on any atom is 0.124 e. The third kappa shape index (κ3) is 43.3. The van der Waals surface area contributed by atoms with Gasteiger partial charge in [0.1, 0.15) is 17.6 Å². The monoisotopic (exact) mass is 907 g/mol. The average Bonchev–Trinajstić information content (AvgIpc) is 3.30. The maximum atomic E-state index is 11.4. The smallest absolute Gasteiger partial charge is 0.124 e. The standard InChI is InChI=1S/C62H114O3/c1-4-7-10-13-16-18-20-22-24-25-26-27-28-29-30-31-32-33-34-35-37-38-40-42-44-46-49-52-58-55-59(63)57-60(56-58)65-62(54-51-48-15-12-9-6-3)61(64)53-50-47-45-43-41-39-36-23-21-19-17-14-11-8-5-2/h5,22,24,55-57,61-64H,2,4,6-21,23,25-54H2,1,3H3/b24-22+. The molecule has 0 spiro atoms. The predicted molar refractivity (Wildman–Crippen MR) is 290 cm³/mol. The highest BCUT2D eigenvalue weighted by atomic mass is 16.5. The quantitative estimate of drug-likeness (QED) is 0.0506. The highest BCUT2D eigenvalue weighted by molar-refractivity contribution is 5.37. The van der Waals surface area contributed by atoms with Gasteiger partial charge in [-0.25, -0.2) is 0 Å². The number of hydrogen-bond donors (Lipinski definition) is 2. The van der Waals surface area contributed by atoms with Crippen molar-refractivity contribution in [1.82, 2.24) is 0 Å². The van der Waals surface area contributed by atoms with Crippen LogP contribution in [-0.2, 0) is 6.42 Å². The van der Waals surface area contributed by atoms with E-state index in [0.29, 0.717) is 0 Å². The van der Waals surface area contributed by atoms with Gasteiger partial charge in [-0.2, -0.15) is 0 Å². The first-order valence-corrected chi connectivity index (χ1v) is 29.5. The Morgan fingerprint density at radius 2 is 0.754 bits per heavy atom. The topological polar surface area (TPSA) is 49.7 Å². The third-order valence-electron chi connectivity index (χ3n) is 14.1. The molecule has 1 aromatic carbocycles. The molecule has 0 aliphatic rings. The second kappa shape index (κ2) is 50.1. The SMILES string of the molecule is C=CCCCCCCCCCCCCCCCC(O)C(CCCCCCCC)Oc1cc(O)cc(CCCCCCCCCCCCCCCCCCC/C=C/CCCCCCCC)c1.